The average Bonchev–Trinajstić information content (AvgIpc) is 2.15. The maximum Gasteiger partial charge on any atom is 0.224 e. The van der Waals surface area contributed by atoms with Crippen molar-refractivity contribution in [2.75, 3.05) is 13.1 Å². The molecule has 0 aliphatic heterocycles. The van der Waals surface area contributed by atoms with Gasteiger partial charge < -0.3 is 11.1 Å². The predicted octanol–water partition coefficient (Wildman–Crippen LogP) is 1.38. The molecule has 0 aliphatic carbocycles. The van der Waals surface area contributed by atoms with Crippen LogP contribution < -0.4 is 11.1 Å². The van der Waals surface area contributed by atoms with E-state index in [9.17, 15) is 4.79 Å². The minimum atomic E-state index is -0.0191. The summed E-state index contributed by atoms with van der Waals surface area (Å²) in [5.41, 5.74) is 5.49. The molecule has 2 atom stereocenters. The van der Waals surface area contributed by atoms with E-state index < -0.39 is 0 Å². The van der Waals surface area contributed by atoms with E-state index in [1.807, 2.05) is 6.92 Å². The minimum Gasteiger partial charge on any atom is -0.356 e. The Labute approximate surface area is 87.4 Å². The largest absolute Gasteiger partial charge is 0.356 e. The molecule has 1 amide bonds. The van der Waals surface area contributed by atoms with Crippen molar-refractivity contribution in [1.82, 2.24) is 5.32 Å². The van der Waals surface area contributed by atoms with Crippen molar-refractivity contribution in [1.29, 1.82) is 0 Å². The fourth-order valence-electron chi connectivity index (χ4n) is 1.10. The number of carbonyl (C=O) groups excluding carboxylic acids is 1. The monoisotopic (exact) mass is 200 g/mol. The van der Waals surface area contributed by atoms with Gasteiger partial charge in [0.2, 0.25) is 5.91 Å². The summed E-state index contributed by atoms with van der Waals surface area (Å²) in [5.74, 6) is 1.21. The third-order valence-electron chi connectivity index (χ3n) is 2.88. The summed E-state index contributed by atoms with van der Waals surface area (Å²) < 4.78 is 0. The molecule has 0 saturated carbocycles. The standard InChI is InChI=1S/C11H24N2O/c1-5-10(6-12)11(14)13-7-9(4)8(2)3/h8-10H,5-7,12H2,1-4H3,(H,13,14). The lowest BCUT2D eigenvalue weighted by atomic mass is 9.97. The molecule has 14 heavy (non-hydrogen) atoms. The van der Waals surface area contributed by atoms with Gasteiger partial charge in [-0.3, -0.25) is 4.79 Å². The van der Waals surface area contributed by atoms with Crippen LogP contribution in [0.4, 0.5) is 0 Å². The fraction of sp³-hybridized carbons (Fsp3) is 0.909. The number of nitrogens with one attached hydrogen (secondary N) is 1. The zero-order valence-electron chi connectivity index (χ0n) is 9.84. The summed E-state index contributed by atoms with van der Waals surface area (Å²) in [5, 5.41) is 2.95. The molecule has 0 spiro atoms. The normalized spacial score (nSPS) is 15.3. The molecular formula is C11H24N2O. The topological polar surface area (TPSA) is 55.1 Å². The molecule has 84 valence electrons. The molecule has 0 aromatic rings. The maximum atomic E-state index is 11.5. The van der Waals surface area contributed by atoms with Gasteiger partial charge in [0.15, 0.2) is 0 Å². The summed E-state index contributed by atoms with van der Waals surface area (Å²) in [7, 11) is 0. The van der Waals surface area contributed by atoms with Crippen molar-refractivity contribution < 1.29 is 4.79 Å². The van der Waals surface area contributed by atoms with Gasteiger partial charge in [-0.1, -0.05) is 27.7 Å². The van der Waals surface area contributed by atoms with Gasteiger partial charge in [0.1, 0.15) is 0 Å². The molecule has 0 fully saturated rings. The van der Waals surface area contributed by atoms with E-state index in [-0.39, 0.29) is 11.8 Å². The number of carbonyl (C=O) groups is 1. The minimum absolute atomic E-state index is 0.0191. The first kappa shape index (κ1) is 13.4. The van der Waals surface area contributed by atoms with Gasteiger partial charge in [-0.2, -0.15) is 0 Å². The number of hydrogen-bond donors (Lipinski definition) is 2. The molecule has 0 rings (SSSR count). The van der Waals surface area contributed by atoms with E-state index in [2.05, 4.69) is 26.1 Å². The number of rotatable bonds is 6. The summed E-state index contributed by atoms with van der Waals surface area (Å²) in [6.07, 6.45) is 0.818. The zero-order chi connectivity index (χ0) is 11.1. The predicted molar refractivity (Wildman–Crippen MR) is 59.8 cm³/mol. The first-order chi connectivity index (χ1) is 6.52. The van der Waals surface area contributed by atoms with E-state index in [1.165, 1.54) is 0 Å². The smallest absolute Gasteiger partial charge is 0.224 e. The van der Waals surface area contributed by atoms with Gasteiger partial charge in [-0.05, 0) is 18.3 Å². The van der Waals surface area contributed by atoms with Gasteiger partial charge >= 0.3 is 0 Å². The van der Waals surface area contributed by atoms with Crippen molar-refractivity contribution in [3.8, 4) is 0 Å². The van der Waals surface area contributed by atoms with Crippen molar-refractivity contribution in [2.24, 2.45) is 23.5 Å². The highest BCUT2D eigenvalue weighted by atomic mass is 16.1. The van der Waals surface area contributed by atoms with E-state index in [0.717, 1.165) is 13.0 Å². The first-order valence-corrected chi connectivity index (χ1v) is 5.50. The number of hydrogen-bond acceptors (Lipinski definition) is 2. The quantitative estimate of drug-likeness (QED) is 0.680. The Balaban J connectivity index is 3.83. The Hall–Kier alpha value is -0.570. The lowest BCUT2D eigenvalue weighted by molar-refractivity contribution is -0.125. The van der Waals surface area contributed by atoms with Crippen molar-refractivity contribution >= 4 is 5.91 Å². The van der Waals surface area contributed by atoms with E-state index in [1.54, 1.807) is 0 Å². The van der Waals surface area contributed by atoms with Crippen molar-refractivity contribution in [3.63, 3.8) is 0 Å². The second kappa shape index (κ2) is 6.82. The van der Waals surface area contributed by atoms with Crippen molar-refractivity contribution in [2.45, 2.75) is 34.1 Å². The molecule has 0 radical (unpaired) electrons. The van der Waals surface area contributed by atoms with Gasteiger partial charge in [-0.25, -0.2) is 0 Å². The van der Waals surface area contributed by atoms with Crippen LogP contribution in [0.15, 0.2) is 0 Å². The molecule has 0 saturated heterocycles. The number of amides is 1. The maximum absolute atomic E-state index is 11.5. The molecule has 0 aromatic carbocycles. The molecule has 0 aromatic heterocycles. The molecule has 0 heterocycles. The molecule has 0 bridgehead atoms. The van der Waals surface area contributed by atoms with E-state index in [0.29, 0.717) is 18.4 Å². The zero-order valence-corrected chi connectivity index (χ0v) is 9.84. The molecular weight excluding hydrogens is 176 g/mol. The highest BCUT2D eigenvalue weighted by Crippen LogP contribution is 2.08. The van der Waals surface area contributed by atoms with Crippen LogP contribution in [0, 0.1) is 17.8 Å². The molecule has 3 heteroatoms. The Kier molecular flexibility index (Phi) is 6.54. The lowest BCUT2D eigenvalue weighted by Gasteiger charge is -2.18. The summed E-state index contributed by atoms with van der Waals surface area (Å²) in [4.78, 5) is 11.5. The molecule has 0 aliphatic rings. The summed E-state index contributed by atoms with van der Waals surface area (Å²) >= 11 is 0. The van der Waals surface area contributed by atoms with E-state index >= 15 is 0 Å². The van der Waals surface area contributed by atoms with Gasteiger partial charge in [-0.15, -0.1) is 0 Å². The third kappa shape index (κ3) is 4.61. The van der Waals surface area contributed by atoms with Gasteiger partial charge in [0, 0.05) is 19.0 Å². The van der Waals surface area contributed by atoms with Crippen LogP contribution >= 0.6 is 0 Å². The Morgan fingerprint density at radius 2 is 1.93 bits per heavy atom. The summed E-state index contributed by atoms with van der Waals surface area (Å²) in [6.45, 7) is 9.66. The highest BCUT2D eigenvalue weighted by molar-refractivity contribution is 5.78. The Morgan fingerprint density at radius 3 is 2.29 bits per heavy atom. The van der Waals surface area contributed by atoms with Crippen LogP contribution in [0.5, 0.6) is 0 Å². The third-order valence-corrected chi connectivity index (χ3v) is 2.88. The molecule has 3 nitrogen and oxygen atoms in total. The van der Waals surface area contributed by atoms with Gasteiger partial charge in [0.25, 0.3) is 0 Å². The van der Waals surface area contributed by atoms with Crippen LogP contribution in [0.25, 0.3) is 0 Å². The fourth-order valence-corrected chi connectivity index (χ4v) is 1.10. The van der Waals surface area contributed by atoms with Crippen LogP contribution in [0.1, 0.15) is 34.1 Å². The molecule has 3 N–H and O–H groups in total. The lowest BCUT2D eigenvalue weighted by Crippen LogP contribution is -2.37. The van der Waals surface area contributed by atoms with Crippen LogP contribution in [0.3, 0.4) is 0 Å². The Bertz CT molecular complexity index is 165. The van der Waals surface area contributed by atoms with E-state index in [4.69, 9.17) is 5.73 Å². The SMILES string of the molecule is CCC(CN)C(=O)NCC(C)C(C)C. The van der Waals surface area contributed by atoms with Crippen LogP contribution in [-0.4, -0.2) is 19.0 Å². The average molecular weight is 200 g/mol. The highest BCUT2D eigenvalue weighted by Gasteiger charge is 2.15. The Morgan fingerprint density at radius 1 is 1.36 bits per heavy atom. The second-order valence-corrected chi connectivity index (χ2v) is 4.31. The summed E-state index contributed by atoms with van der Waals surface area (Å²) in [6, 6.07) is 0. The number of nitrogens with two attached hydrogens (primary N) is 1. The first-order valence-electron chi connectivity index (χ1n) is 5.50. The van der Waals surface area contributed by atoms with Crippen LogP contribution in [0.2, 0.25) is 0 Å². The van der Waals surface area contributed by atoms with Gasteiger partial charge in [0.05, 0.1) is 0 Å². The van der Waals surface area contributed by atoms with Crippen LogP contribution in [-0.2, 0) is 4.79 Å². The second-order valence-electron chi connectivity index (χ2n) is 4.31. The van der Waals surface area contributed by atoms with Crippen molar-refractivity contribution in [3.05, 3.63) is 0 Å². The molecule has 2 unspecified atom stereocenters.